The minimum atomic E-state index is -4.07. The van der Waals surface area contributed by atoms with Crippen molar-refractivity contribution >= 4 is 61.3 Å². The molecule has 0 radical (unpaired) electrons. The number of carbonyl (C=O) groups excluding carboxylic acids is 1. The van der Waals surface area contributed by atoms with Crippen molar-refractivity contribution in [3.05, 3.63) is 100 Å². The Morgan fingerprint density at radius 1 is 0.853 bits per heavy atom. The fraction of sp³-hybridized carbons (Fsp3) is 0.115. The topological polar surface area (TPSA) is 66.5 Å². The molecule has 0 atom stereocenters. The molecule has 0 fully saturated rings. The maximum atomic E-state index is 13.5. The van der Waals surface area contributed by atoms with Crippen LogP contribution in [0.3, 0.4) is 0 Å². The lowest BCUT2D eigenvalue weighted by atomic mass is 10.0. The Hall–Kier alpha value is -3.06. The van der Waals surface area contributed by atoms with Gasteiger partial charge in [0.25, 0.3) is 10.0 Å². The third-order valence-electron chi connectivity index (χ3n) is 5.90. The molecule has 0 bridgehead atoms. The molecule has 1 aliphatic rings. The maximum Gasteiger partial charge on any atom is 0.264 e. The Morgan fingerprint density at radius 3 is 2.24 bits per heavy atom. The number of sulfonamides is 1. The zero-order valence-corrected chi connectivity index (χ0v) is 20.3. The molecule has 5 nitrogen and oxygen atoms in total. The first-order valence-electron chi connectivity index (χ1n) is 10.7. The van der Waals surface area contributed by atoms with Gasteiger partial charge in [0.1, 0.15) is 6.54 Å². The smallest absolute Gasteiger partial charge is 0.264 e. The summed E-state index contributed by atoms with van der Waals surface area (Å²) in [5.74, 6) is -0.477. The van der Waals surface area contributed by atoms with Crippen LogP contribution in [-0.2, 0) is 27.7 Å². The molecule has 5 rings (SSSR count). The fourth-order valence-electron chi connectivity index (χ4n) is 4.39. The van der Waals surface area contributed by atoms with E-state index >= 15 is 0 Å². The molecule has 0 unspecified atom stereocenters. The van der Waals surface area contributed by atoms with Crippen LogP contribution in [0.4, 0.5) is 11.4 Å². The zero-order chi connectivity index (χ0) is 23.9. The third kappa shape index (κ3) is 4.25. The van der Waals surface area contributed by atoms with Crippen LogP contribution in [0.15, 0.2) is 83.8 Å². The minimum absolute atomic E-state index is 0.0595. The summed E-state index contributed by atoms with van der Waals surface area (Å²) in [6.45, 7) is -0.448. The number of amides is 1. The van der Waals surface area contributed by atoms with Gasteiger partial charge < -0.3 is 5.32 Å². The van der Waals surface area contributed by atoms with Gasteiger partial charge in [-0.1, -0.05) is 65.7 Å². The first kappa shape index (κ1) is 22.7. The van der Waals surface area contributed by atoms with Crippen molar-refractivity contribution in [2.75, 3.05) is 16.2 Å². The molecule has 1 aliphatic carbocycles. The highest BCUT2D eigenvalue weighted by Gasteiger charge is 2.28. The maximum absolute atomic E-state index is 13.5. The van der Waals surface area contributed by atoms with Crippen LogP contribution in [0.2, 0.25) is 10.0 Å². The molecule has 0 aromatic heterocycles. The number of anilines is 2. The number of nitrogens with one attached hydrogen (secondary N) is 1. The largest absolute Gasteiger partial charge is 0.324 e. The van der Waals surface area contributed by atoms with Crippen molar-refractivity contribution in [1.82, 2.24) is 0 Å². The molecule has 0 heterocycles. The standard InChI is InChI=1S/C26H20Cl2N2O3S/c27-19-13-20(28)15-21(14-19)30(34(32,33)22-6-2-1-3-7-22)16-25(31)29-24-12-11-18-10-9-17-5-4-8-23(24)26(17)18/h1-8,11-15H,9-10,16H2,(H,29,31). The first-order chi connectivity index (χ1) is 16.3. The van der Waals surface area contributed by atoms with Crippen molar-refractivity contribution in [2.45, 2.75) is 17.7 Å². The quantitative estimate of drug-likeness (QED) is 0.341. The molecule has 1 amide bonds. The number of hydrogen-bond acceptors (Lipinski definition) is 3. The molecular weight excluding hydrogens is 491 g/mol. The lowest BCUT2D eigenvalue weighted by molar-refractivity contribution is -0.114. The van der Waals surface area contributed by atoms with Crippen molar-refractivity contribution < 1.29 is 13.2 Å². The second kappa shape index (κ2) is 8.95. The van der Waals surface area contributed by atoms with Crippen molar-refractivity contribution in [3.8, 4) is 0 Å². The van der Waals surface area contributed by atoms with E-state index in [0.29, 0.717) is 5.69 Å². The van der Waals surface area contributed by atoms with E-state index in [4.69, 9.17) is 23.2 Å². The molecule has 1 N–H and O–H groups in total. The highest BCUT2D eigenvalue weighted by atomic mass is 35.5. The normalized spacial score (nSPS) is 12.6. The van der Waals surface area contributed by atoms with Crippen LogP contribution >= 0.6 is 23.2 Å². The van der Waals surface area contributed by atoms with Gasteiger partial charge in [-0.05, 0) is 65.8 Å². The zero-order valence-electron chi connectivity index (χ0n) is 18.0. The lowest BCUT2D eigenvalue weighted by Crippen LogP contribution is -2.38. The Labute approximate surface area is 208 Å². The molecule has 4 aromatic carbocycles. The highest BCUT2D eigenvalue weighted by Crippen LogP contribution is 2.35. The van der Waals surface area contributed by atoms with E-state index in [1.165, 1.54) is 41.5 Å². The van der Waals surface area contributed by atoms with Gasteiger partial charge in [-0.25, -0.2) is 8.42 Å². The van der Waals surface area contributed by atoms with Gasteiger partial charge in [-0.3, -0.25) is 9.10 Å². The molecular formula is C26H20Cl2N2O3S. The second-order valence-electron chi connectivity index (χ2n) is 8.11. The van der Waals surface area contributed by atoms with Crippen LogP contribution in [-0.4, -0.2) is 20.9 Å². The summed E-state index contributed by atoms with van der Waals surface area (Å²) in [6.07, 6.45) is 1.95. The van der Waals surface area contributed by atoms with E-state index in [9.17, 15) is 13.2 Å². The number of aryl methyl sites for hydroxylation is 2. The number of carbonyl (C=O) groups is 1. The Kier molecular flexibility index (Phi) is 5.98. The summed E-state index contributed by atoms with van der Waals surface area (Å²) in [5, 5.41) is 5.55. The van der Waals surface area contributed by atoms with Crippen LogP contribution in [0.5, 0.6) is 0 Å². The summed E-state index contributed by atoms with van der Waals surface area (Å²) >= 11 is 12.3. The molecule has 0 spiro atoms. The Morgan fingerprint density at radius 2 is 1.53 bits per heavy atom. The van der Waals surface area contributed by atoms with Crippen molar-refractivity contribution in [2.24, 2.45) is 0 Å². The molecule has 8 heteroatoms. The average Bonchev–Trinajstić information content (AvgIpc) is 3.24. The predicted molar refractivity (Wildman–Crippen MR) is 137 cm³/mol. The Balaban J connectivity index is 1.51. The van der Waals surface area contributed by atoms with Gasteiger partial charge in [0.2, 0.25) is 5.91 Å². The molecule has 0 saturated heterocycles. The van der Waals surface area contributed by atoms with E-state index in [1.54, 1.807) is 18.2 Å². The van der Waals surface area contributed by atoms with Gasteiger partial charge in [-0.2, -0.15) is 0 Å². The minimum Gasteiger partial charge on any atom is -0.324 e. The SMILES string of the molecule is O=C(CN(c1cc(Cl)cc(Cl)c1)S(=O)(=O)c1ccccc1)Nc1ccc2c3c(cccc13)CC2. The van der Waals surface area contributed by atoms with E-state index in [-0.39, 0.29) is 20.6 Å². The van der Waals surface area contributed by atoms with Crippen LogP contribution < -0.4 is 9.62 Å². The predicted octanol–water partition coefficient (Wildman–Crippen LogP) is 6.08. The molecule has 0 saturated carbocycles. The van der Waals surface area contributed by atoms with E-state index in [1.807, 2.05) is 24.3 Å². The van der Waals surface area contributed by atoms with Crippen LogP contribution in [0.1, 0.15) is 11.1 Å². The van der Waals surface area contributed by atoms with Crippen LogP contribution in [0, 0.1) is 0 Å². The van der Waals surface area contributed by atoms with Gasteiger partial charge >= 0.3 is 0 Å². The summed E-state index contributed by atoms with van der Waals surface area (Å²) in [4.78, 5) is 13.2. The molecule has 4 aromatic rings. The molecule has 172 valence electrons. The monoisotopic (exact) mass is 510 g/mol. The number of benzene rings is 4. The third-order valence-corrected chi connectivity index (χ3v) is 8.13. The summed E-state index contributed by atoms with van der Waals surface area (Å²) in [7, 11) is -4.07. The Bertz CT molecular complexity index is 1490. The molecule has 34 heavy (non-hydrogen) atoms. The first-order valence-corrected chi connectivity index (χ1v) is 12.9. The van der Waals surface area contributed by atoms with E-state index in [0.717, 1.165) is 27.9 Å². The summed E-state index contributed by atoms with van der Waals surface area (Å²) in [5.41, 5.74) is 3.36. The molecule has 0 aliphatic heterocycles. The van der Waals surface area contributed by atoms with Gasteiger partial charge in [-0.15, -0.1) is 0 Å². The lowest BCUT2D eigenvalue weighted by Gasteiger charge is -2.24. The van der Waals surface area contributed by atoms with Crippen molar-refractivity contribution in [3.63, 3.8) is 0 Å². The van der Waals surface area contributed by atoms with Crippen LogP contribution in [0.25, 0.3) is 10.8 Å². The fourth-order valence-corrected chi connectivity index (χ4v) is 6.33. The average molecular weight is 511 g/mol. The number of nitrogens with zero attached hydrogens (tertiary/aromatic N) is 1. The van der Waals surface area contributed by atoms with Crippen molar-refractivity contribution in [1.29, 1.82) is 0 Å². The number of hydrogen-bond donors (Lipinski definition) is 1. The second-order valence-corrected chi connectivity index (χ2v) is 10.8. The summed E-state index contributed by atoms with van der Waals surface area (Å²) in [6, 6.07) is 22.3. The van der Waals surface area contributed by atoms with E-state index < -0.39 is 22.5 Å². The van der Waals surface area contributed by atoms with Gasteiger partial charge in [0.05, 0.1) is 10.6 Å². The number of halogens is 2. The van der Waals surface area contributed by atoms with Gasteiger partial charge in [0.15, 0.2) is 0 Å². The van der Waals surface area contributed by atoms with Gasteiger partial charge in [0, 0.05) is 21.1 Å². The summed E-state index contributed by atoms with van der Waals surface area (Å²) < 4.78 is 28.0. The number of rotatable bonds is 6. The highest BCUT2D eigenvalue weighted by molar-refractivity contribution is 7.92. The van der Waals surface area contributed by atoms with E-state index in [2.05, 4.69) is 11.4 Å².